The Labute approximate surface area is 165 Å². The first-order valence-electron chi connectivity index (χ1n) is 9.54. The molecule has 1 aromatic rings. The molecule has 0 unspecified atom stereocenters. The first kappa shape index (κ1) is 20.2. The third kappa shape index (κ3) is 4.63. The van der Waals surface area contributed by atoms with Crippen molar-refractivity contribution >= 4 is 12.0 Å². The Morgan fingerprint density at radius 1 is 1.18 bits per heavy atom. The highest BCUT2D eigenvalue weighted by Gasteiger charge is 2.34. The second kappa shape index (κ2) is 9.07. The quantitative estimate of drug-likeness (QED) is 0.711. The van der Waals surface area contributed by atoms with Gasteiger partial charge in [0.05, 0.1) is 25.3 Å². The smallest absolute Gasteiger partial charge is 0.338 e. The van der Waals surface area contributed by atoms with Crippen LogP contribution in [0.25, 0.3) is 0 Å². The molecule has 152 valence electrons. The number of piperazine rings is 1. The molecule has 1 fully saturated rings. The van der Waals surface area contributed by atoms with Crippen LogP contribution in [0.2, 0.25) is 0 Å². The zero-order valence-electron chi connectivity index (χ0n) is 16.7. The number of esters is 1. The second-order valence-electron chi connectivity index (χ2n) is 7.00. The average molecular weight is 388 g/mol. The van der Waals surface area contributed by atoms with E-state index in [1.165, 1.54) is 7.11 Å². The van der Waals surface area contributed by atoms with Gasteiger partial charge in [-0.2, -0.15) is 0 Å². The molecule has 2 aliphatic rings. The highest BCUT2D eigenvalue weighted by atomic mass is 16.5. The maximum absolute atomic E-state index is 12.6. The van der Waals surface area contributed by atoms with Gasteiger partial charge in [0.15, 0.2) is 0 Å². The number of benzene rings is 1. The van der Waals surface area contributed by atoms with Crippen LogP contribution in [-0.2, 0) is 9.53 Å². The van der Waals surface area contributed by atoms with Crippen LogP contribution in [0.1, 0.15) is 18.5 Å². The summed E-state index contributed by atoms with van der Waals surface area (Å²) >= 11 is 0. The Morgan fingerprint density at radius 3 is 2.46 bits per heavy atom. The van der Waals surface area contributed by atoms with Gasteiger partial charge in [0.2, 0.25) is 0 Å². The first-order valence-corrected chi connectivity index (χ1v) is 9.54. The number of rotatable bonds is 6. The zero-order chi connectivity index (χ0) is 20.1. The van der Waals surface area contributed by atoms with E-state index in [-0.39, 0.29) is 6.03 Å². The van der Waals surface area contributed by atoms with E-state index in [0.29, 0.717) is 24.4 Å². The molecule has 1 aromatic carbocycles. The van der Waals surface area contributed by atoms with E-state index in [9.17, 15) is 9.59 Å². The fraction of sp³-hybridized carbons (Fsp3) is 0.500. The van der Waals surface area contributed by atoms with Gasteiger partial charge in [-0.15, -0.1) is 0 Å². The molecule has 1 saturated heterocycles. The van der Waals surface area contributed by atoms with Crippen molar-refractivity contribution in [3.8, 4) is 5.75 Å². The van der Waals surface area contributed by atoms with Gasteiger partial charge in [-0.05, 0) is 31.7 Å². The van der Waals surface area contributed by atoms with Gasteiger partial charge in [-0.1, -0.05) is 12.1 Å². The summed E-state index contributed by atoms with van der Waals surface area (Å²) in [6.45, 7) is 6.66. The standard InChI is InChI=1S/C20H28N4O4/c1-4-28-15-7-5-14(6-8-15)18-17(19(25)27-3)16(21-20(26)22-18)13-24-11-9-23(2)10-12-24/h5-8,18H,4,9-13H2,1-3H3,(H2,21,22,26)/t18-/m0/s1. The SMILES string of the molecule is CCOc1ccc([C@@H]2NC(=O)NC(CN3CCN(C)CC3)=C2C(=O)OC)cc1. The van der Waals surface area contributed by atoms with Crippen LogP contribution in [0.5, 0.6) is 5.75 Å². The largest absolute Gasteiger partial charge is 0.494 e. The van der Waals surface area contributed by atoms with E-state index in [1.807, 2.05) is 31.2 Å². The topological polar surface area (TPSA) is 83.1 Å². The maximum Gasteiger partial charge on any atom is 0.338 e. The molecule has 0 aliphatic carbocycles. The highest BCUT2D eigenvalue weighted by molar-refractivity contribution is 5.95. The van der Waals surface area contributed by atoms with Crippen molar-refractivity contribution in [2.24, 2.45) is 0 Å². The Hall–Kier alpha value is -2.58. The van der Waals surface area contributed by atoms with E-state index < -0.39 is 12.0 Å². The van der Waals surface area contributed by atoms with Gasteiger partial charge in [0, 0.05) is 38.4 Å². The summed E-state index contributed by atoms with van der Waals surface area (Å²) < 4.78 is 10.5. The molecule has 0 aromatic heterocycles. The lowest BCUT2D eigenvalue weighted by Crippen LogP contribution is -2.51. The van der Waals surface area contributed by atoms with Crippen LogP contribution in [-0.4, -0.2) is 75.3 Å². The molecule has 2 heterocycles. The molecule has 3 rings (SSSR count). The molecule has 0 saturated carbocycles. The van der Waals surface area contributed by atoms with Crippen molar-refractivity contribution < 1.29 is 19.1 Å². The average Bonchev–Trinajstić information content (AvgIpc) is 2.69. The van der Waals surface area contributed by atoms with Crippen LogP contribution in [0.15, 0.2) is 35.5 Å². The Kier molecular flexibility index (Phi) is 6.53. The van der Waals surface area contributed by atoms with Gasteiger partial charge in [-0.3, -0.25) is 4.90 Å². The van der Waals surface area contributed by atoms with Crippen LogP contribution >= 0.6 is 0 Å². The van der Waals surface area contributed by atoms with Gasteiger partial charge < -0.3 is 25.0 Å². The minimum absolute atomic E-state index is 0.323. The summed E-state index contributed by atoms with van der Waals surface area (Å²) in [5.74, 6) is 0.295. The fourth-order valence-corrected chi connectivity index (χ4v) is 3.50. The number of nitrogens with zero attached hydrogens (tertiary/aromatic N) is 2. The van der Waals surface area contributed by atoms with Crippen molar-refractivity contribution in [3.05, 3.63) is 41.1 Å². The third-order valence-electron chi connectivity index (χ3n) is 5.06. The van der Waals surface area contributed by atoms with Crippen molar-refractivity contribution in [3.63, 3.8) is 0 Å². The molecular formula is C20H28N4O4. The molecule has 28 heavy (non-hydrogen) atoms. The molecule has 0 spiro atoms. The number of carbonyl (C=O) groups is 2. The van der Waals surface area contributed by atoms with E-state index in [0.717, 1.165) is 37.5 Å². The molecule has 1 atom stereocenters. The van der Waals surface area contributed by atoms with Crippen LogP contribution in [0, 0.1) is 0 Å². The zero-order valence-corrected chi connectivity index (χ0v) is 16.7. The van der Waals surface area contributed by atoms with Crippen molar-refractivity contribution in [1.29, 1.82) is 0 Å². The van der Waals surface area contributed by atoms with E-state index in [2.05, 4.69) is 27.5 Å². The number of likely N-dealkylation sites (N-methyl/N-ethyl adjacent to an activating group) is 1. The van der Waals surface area contributed by atoms with E-state index in [1.54, 1.807) is 0 Å². The van der Waals surface area contributed by atoms with Crippen molar-refractivity contribution in [1.82, 2.24) is 20.4 Å². The summed E-state index contributed by atoms with van der Waals surface area (Å²) in [7, 11) is 3.44. The third-order valence-corrected chi connectivity index (χ3v) is 5.06. The number of amides is 2. The Morgan fingerprint density at radius 2 is 1.86 bits per heavy atom. The molecule has 2 N–H and O–H groups in total. The van der Waals surface area contributed by atoms with Gasteiger partial charge in [0.1, 0.15) is 5.75 Å². The highest BCUT2D eigenvalue weighted by Crippen LogP contribution is 2.29. The van der Waals surface area contributed by atoms with Crippen LogP contribution in [0.3, 0.4) is 0 Å². The fourth-order valence-electron chi connectivity index (χ4n) is 3.50. The number of urea groups is 1. The number of methoxy groups -OCH3 is 1. The number of hydrogen-bond donors (Lipinski definition) is 2. The maximum atomic E-state index is 12.6. The van der Waals surface area contributed by atoms with Gasteiger partial charge in [-0.25, -0.2) is 9.59 Å². The predicted octanol–water partition coefficient (Wildman–Crippen LogP) is 1.11. The lowest BCUT2D eigenvalue weighted by molar-refractivity contribution is -0.136. The predicted molar refractivity (Wildman–Crippen MR) is 105 cm³/mol. The second-order valence-corrected chi connectivity index (χ2v) is 7.00. The number of ether oxygens (including phenoxy) is 2. The van der Waals surface area contributed by atoms with Crippen molar-refractivity contribution in [2.75, 3.05) is 53.5 Å². The molecule has 0 radical (unpaired) electrons. The number of hydrogen-bond acceptors (Lipinski definition) is 6. The van der Waals surface area contributed by atoms with Gasteiger partial charge in [0.25, 0.3) is 0 Å². The summed E-state index contributed by atoms with van der Waals surface area (Å²) in [6, 6.07) is 6.49. The lowest BCUT2D eigenvalue weighted by Gasteiger charge is -2.35. The monoisotopic (exact) mass is 388 g/mol. The van der Waals surface area contributed by atoms with Crippen LogP contribution < -0.4 is 15.4 Å². The normalized spacial score (nSPS) is 21.1. The molecule has 8 nitrogen and oxygen atoms in total. The molecule has 0 bridgehead atoms. The summed E-state index contributed by atoms with van der Waals surface area (Å²) in [4.78, 5) is 29.4. The molecule has 8 heteroatoms. The van der Waals surface area contributed by atoms with Gasteiger partial charge >= 0.3 is 12.0 Å². The van der Waals surface area contributed by atoms with Crippen LogP contribution in [0.4, 0.5) is 4.79 Å². The molecule has 2 amide bonds. The van der Waals surface area contributed by atoms with E-state index >= 15 is 0 Å². The summed E-state index contributed by atoms with van der Waals surface area (Å²) in [5.41, 5.74) is 1.83. The lowest BCUT2D eigenvalue weighted by atomic mass is 9.95. The Bertz CT molecular complexity index is 739. The molecular weight excluding hydrogens is 360 g/mol. The minimum Gasteiger partial charge on any atom is -0.494 e. The summed E-state index contributed by atoms with van der Waals surface area (Å²) in [5, 5.41) is 5.67. The number of carbonyl (C=O) groups excluding carboxylic acids is 2. The van der Waals surface area contributed by atoms with Crippen molar-refractivity contribution in [2.45, 2.75) is 13.0 Å². The first-order chi connectivity index (χ1) is 13.5. The molecule has 2 aliphatic heterocycles. The summed E-state index contributed by atoms with van der Waals surface area (Å²) in [6.07, 6.45) is 0. The Balaban J connectivity index is 1.90. The number of nitrogens with one attached hydrogen (secondary N) is 2. The van der Waals surface area contributed by atoms with E-state index in [4.69, 9.17) is 9.47 Å². The minimum atomic E-state index is -0.570.